The highest BCUT2D eigenvalue weighted by Crippen LogP contribution is 2.44. The van der Waals surface area contributed by atoms with E-state index in [-0.39, 0.29) is 11.7 Å². The summed E-state index contributed by atoms with van der Waals surface area (Å²) in [6.07, 6.45) is 5.42. The van der Waals surface area contributed by atoms with Crippen LogP contribution in [0.15, 0.2) is 75.8 Å². The summed E-state index contributed by atoms with van der Waals surface area (Å²) in [6.45, 7) is 1.89. The van der Waals surface area contributed by atoms with E-state index in [1.54, 1.807) is 24.5 Å². The first-order chi connectivity index (χ1) is 13.6. The minimum Gasteiger partial charge on any atom is -0.362 e. The van der Waals surface area contributed by atoms with Crippen molar-refractivity contribution in [3.8, 4) is 0 Å². The van der Waals surface area contributed by atoms with Crippen LogP contribution >= 0.6 is 15.9 Å². The first kappa shape index (κ1) is 18.6. The Morgan fingerprint density at radius 2 is 2.04 bits per heavy atom. The molecule has 1 aliphatic heterocycles. The van der Waals surface area contributed by atoms with Gasteiger partial charge in [0.25, 0.3) is 5.91 Å². The molecule has 6 heteroatoms. The Kier molecular flexibility index (Phi) is 5.13. The third kappa shape index (κ3) is 3.40. The van der Waals surface area contributed by atoms with E-state index in [1.807, 2.05) is 31.2 Å². The number of benzene rings is 1. The van der Waals surface area contributed by atoms with Gasteiger partial charge in [-0.3, -0.25) is 14.6 Å². The zero-order valence-corrected chi connectivity index (χ0v) is 17.0. The fraction of sp³-hybridized carbons (Fsp3) is 0.227. The number of carbonyl (C=O) groups is 2. The van der Waals surface area contributed by atoms with Gasteiger partial charge in [-0.05, 0) is 43.5 Å². The first-order valence-corrected chi connectivity index (χ1v) is 10.1. The third-order valence-corrected chi connectivity index (χ3v) is 5.88. The second-order valence-corrected chi connectivity index (χ2v) is 7.84. The highest BCUT2D eigenvalue weighted by molar-refractivity contribution is 9.10. The normalized spacial score (nSPS) is 19.2. The van der Waals surface area contributed by atoms with Crippen molar-refractivity contribution in [1.82, 2.24) is 10.3 Å². The van der Waals surface area contributed by atoms with E-state index in [9.17, 15) is 9.59 Å². The van der Waals surface area contributed by atoms with Gasteiger partial charge >= 0.3 is 0 Å². The van der Waals surface area contributed by atoms with Crippen molar-refractivity contribution in [2.24, 2.45) is 0 Å². The number of halogens is 1. The van der Waals surface area contributed by atoms with Gasteiger partial charge in [-0.25, -0.2) is 0 Å². The molecule has 28 heavy (non-hydrogen) atoms. The van der Waals surface area contributed by atoms with E-state index >= 15 is 0 Å². The largest absolute Gasteiger partial charge is 0.362 e. The van der Waals surface area contributed by atoms with Crippen LogP contribution in [0.1, 0.15) is 37.7 Å². The van der Waals surface area contributed by atoms with Gasteiger partial charge in [0.1, 0.15) is 0 Å². The van der Waals surface area contributed by atoms with Gasteiger partial charge in [0.2, 0.25) is 0 Å². The zero-order chi connectivity index (χ0) is 19.7. The summed E-state index contributed by atoms with van der Waals surface area (Å²) in [5, 5.41) is 6.25. The van der Waals surface area contributed by atoms with Crippen molar-refractivity contribution in [2.45, 2.75) is 32.1 Å². The van der Waals surface area contributed by atoms with Gasteiger partial charge in [-0.1, -0.05) is 34.1 Å². The number of nitrogens with one attached hydrogen (secondary N) is 2. The molecular formula is C22H20BrN3O2. The lowest BCUT2D eigenvalue weighted by Gasteiger charge is -2.35. The molecule has 2 aromatic rings. The van der Waals surface area contributed by atoms with E-state index < -0.39 is 5.92 Å². The molecule has 1 atom stereocenters. The Hall–Kier alpha value is -2.73. The molecule has 1 aliphatic carbocycles. The van der Waals surface area contributed by atoms with Crippen LogP contribution in [0.25, 0.3) is 0 Å². The fourth-order valence-electron chi connectivity index (χ4n) is 3.94. The Bertz CT molecular complexity index is 1010. The number of Topliss-reactive ketones (excluding diaryl/α,β-unsaturated/α-hetero) is 1. The van der Waals surface area contributed by atoms with Crippen LogP contribution in [-0.4, -0.2) is 16.7 Å². The first-order valence-electron chi connectivity index (χ1n) is 9.26. The molecule has 0 saturated carbocycles. The molecule has 5 nitrogen and oxygen atoms in total. The van der Waals surface area contributed by atoms with Crippen LogP contribution in [-0.2, 0) is 9.59 Å². The predicted octanol–water partition coefficient (Wildman–Crippen LogP) is 4.45. The van der Waals surface area contributed by atoms with E-state index in [0.717, 1.165) is 34.3 Å². The van der Waals surface area contributed by atoms with Crippen LogP contribution in [0.3, 0.4) is 0 Å². The highest BCUT2D eigenvalue weighted by atomic mass is 79.9. The van der Waals surface area contributed by atoms with Crippen LogP contribution in [0.2, 0.25) is 0 Å². The molecule has 0 fully saturated rings. The molecule has 1 aromatic carbocycles. The van der Waals surface area contributed by atoms with Crippen LogP contribution in [0.4, 0.5) is 5.69 Å². The van der Waals surface area contributed by atoms with Crippen molar-refractivity contribution >= 4 is 33.3 Å². The standard InChI is InChI=1S/C22H20BrN3O2/c1-13-19(22(28)26-14-6-5-11-24-12-14)20(15-7-2-3-8-16(15)23)21-17(25-13)9-4-10-18(21)27/h2-3,5-8,11-12,20,25H,4,9-10H2,1H3,(H,26,28). The number of anilines is 1. The van der Waals surface area contributed by atoms with Crippen molar-refractivity contribution in [2.75, 3.05) is 5.32 Å². The molecular weight excluding hydrogens is 418 g/mol. The maximum atomic E-state index is 13.3. The minimum absolute atomic E-state index is 0.105. The number of ketones is 1. The van der Waals surface area contributed by atoms with E-state index in [1.165, 1.54) is 0 Å². The average molecular weight is 438 g/mol. The third-order valence-electron chi connectivity index (χ3n) is 5.16. The Balaban J connectivity index is 1.82. The number of nitrogens with zero attached hydrogens (tertiary/aromatic N) is 1. The molecule has 2 N–H and O–H groups in total. The number of aromatic nitrogens is 1. The van der Waals surface area contributed by atoms with Gasteiger partial charge in [0, 0.05) is 45.5 Å². The summed E-state index contributed by atoms with van der Waals surface area (Å²) in [5.41, 5.74) is 4.52. The lowest BCUT2D eigenvalue weighted by molar-refractivity contribution is -0.116. The van der Waals surface area contributed by atoms with Gasteiger partial charge < -0.3 is 10.6 Å². The molecule has 1 amide bonds. The zero-order valence-electron chi connectivity index (χ0n) is 15.5. The quantitative estimate of drug-likeness (QED) is 0.743. The summed E-state index contributed by atoms with van der Waals surface area (Å²) in [5.74, 6) is -0.534. The maximum absolute atomic E-state index is 13.3. The molecule has 0 saturated heterocycles. The number of dihydropyridines is 1. The van der Waals surface area contributed by atoms with E-state index in [2.05, 4.69) is 31.5 Å². The van der Waals surface area contributed by atoms with E-state index in [0.29, 0.717) is 23.3 Å². The summed E-state index contributed by atoms with van der Waals surface area (Å²) in [4.78, 5) is 30.2. The second-order valence-electron chi connectivity index (χ2n) is 6.98. The van der Waals surface area contributed by atoms with Gasteiger partial charge in [-0.15, -0.1) is 0 Å². The predicted molar refractivity (Wildman–Crippen MR) is 111 cm³/mol. The molecule has 1 aromatic heterocycles. The Morgan fingerprint density at radius 1 is 1.21 bits per heavy atom. The van der Waals surface area contributed by atoms with E-state index in [4.69, 9.17) is 0 Å². The molecule has 2 aliphatic rings. The number of amides is 1. The molecule has 4 rings (SSSR count). The second kappa shape index (κ2) is 7.72. The lowest BCUT2D eigenvalue weighted by atomic mass is 9.75. The van der Waals surface area contributed by atoms with Crippen LogP contribution < -0.4 is 10.6 Å². The van der Waals surface area contributed by atoms with Gasteiger partial charge in [-0.2, -0.15) is 0 Å². The number of hydrogen-bond donors (Lipinski definition) is 2. The monoisotopic (exact) mass is 437 g/mol. The number of carbonyl (C=O) groups excluding carboxylic acids is 2. The molecule has 142 valence electrons. The SMILES string of the molecule is CC1=C(C(=O)Nc2cccnc2)C(c2ccccc2Br)C2=C(CCCC2=O)N1. The Morgan fingerprint density at radius 3 is 2.79 bits per heavy atom. The molecule has 0 bridgehead atoms. The molecule has 0 spiro atoms. The van der Waals surface area contributed by atoms with Crippen molar-refractivity contribution < 1.29 is 9.59 Å². The minimum atomic E-state index is -0.406. The molecule has 1 unspecified atom stereocenters. The van der Waals surface area contributed by atoms with Crippen LogP contribution in [0, 0.1) is 0 Å². The average Bonchev–Trinajstić information content (AvgIpc) is 2.68. The smallest absolute Gasteiger partial charge is 0.254 e. The number of rotatable bonds is 3. The summed E-state index contributed by atoms with van der Waals surface area (Å²) in [7, 11) is 0. The van der Waals surface area contributed by atoms with Crippen LogP contribution in [0.5, 0.6) is 0 Å². The Labute approximate surface area is 172 Å². The fourth-order valence-corrected chi connectivity index (χ4v) is 4.45. The lowest BCUT2D eigenvalue weighted by Crippen LogP contribution is -2.35. The summed E-state index contributed by atoms with van der Waals surface area (Å²) < 4.78 is 0.881. The van der Waals surface area contributed by atoms with Gasteiger partial charge in [0.05, 0.1) is 11.9 Å². The van der Waals surface area contributed by atoms with Gasteiger partial charge in [0.15, 0.2) is 5.78 Å². The molecule has 0 radical (unpaired) electrons. The van der Waals surface area contributed by atoms with Crippen molar-refractivity contribution in [3.63, 3.8) is 0 Å². The van der Waals surface area contributed by atoms with Crippen molar-refractivity contribution in [3.05, 3.63) is 81.4 Å². The topological polar surface area (TPSA) is 71.1 Å². The van der Waals surface area contributed by atoms with Crippen molar-refractivity contribution in [1.29, 1.82) is 0 Å². The number of allylic oxidation sites excluding steroid dienone is 3. The summed E-state index contributed by atoms with van der Waals surface area (Å²) >= 11 is 3.61. The molecule has 2 heterocycles. The maximum Gasteiger partial charge on any atom is 0.254 e. The highest BCUT2D eigenvalue weighted by Gasteiger charge is 2.39. The number of pyridine rings is 1. The number of hydrogen-bond acceptors (Lipinski definition) is 4. The summed E-state index contributed by atoms with van der Waals surface area (Å²) in [6, 6.07) is 11.3.